The number of carbonyl (C=O) groups is 1. The summed E-state index contributed by atoms with van der Waals surface area (Å²) in [5.74, 6) is -0.117. The summed E-state index contributed by atoms with van der Waals surface area (Å²) in [6.45, 7) is 1.45. The fourth-order valence-electron chi connectivity index (χ4n) is 1.92. The molecule has 2 aromatic carbocycles. The van der Waals surface area contributed by atoms with Crippen LogP contribution in [0.15, 0.2) is 36.4 Å². The van der Waals surface area contributed by atoms with E-state index in [9.17, 15) is 4.79 Å². The second-order valence-corrected chi connectivity index (χ2v) is 4.47. The summed E-state index contributed by atoms with van der Waals surface area (Å²) >= 11 is 0. The Morgan fingerprint density at radius 3 is 2.29 bits per heavy atom. The molecule has 5 nitrogen and oxygen atoms in total. The van der Waals surface area contributed by atoms with Gasteiger partial charge in [-0.1, -0.05) is 0 Å². The highest BCUT2D eigenvalue weighted by Gasteiger charge is 2.07. The molecule has 0 fully saturated rings. The predicted molar refractivity (Wildman–Crippen MR) is 80.0 cm³/mol. The van der Waals surface area contributed by atoms with Gasteiger partial charge in [-0.05, 0) is 43.3 Å². The predicted octanol–water partition coefficient (Wildman–Crippen LogP) is 2.96. The van der Waals surface area contributed by atoms with E-state index >= 15 is 0 Å². The number of hydrogen-bond acceptors (Lipinski definition) is 5. The Kier molecular flexibility index (Phi) is 3.87. The van der Waals surface area contributed by atoms with Crippen LogP contribution in [0.2, 0.25) is 0 Å². The Labute approximate surface area is 122 Å². The van der Waals surface area contributed by atoms with E-state index in [4.69, 9.17) is 16.3 Å². The summed E-state index contributed by atoms with van der Waals surface area (Å²) in [5.41, 5.74) is 8.56. The van der Waals surface area contributed by atoms with Crippen molar-refractivity contribution in [3.8, 4) is 12.1 Å². The van der Waals surface area contributed by atoms with Gasteiger partial charge in [-0.2, -0.15) is 10.5 Å². The van der Waals surface area contributed by atoms with Crippen molar-refractivity contribution in [2.24, 2.45) is 0 Å². The molecule has 0 radical (unpaired) electrons. The summed E-state index contributed by atoms with van der Waals surface area (Å²) in [7, 11) is 0. The van der Waals surface area contributed by atoms with Crippen LogP contribution < -0.4 is 11.1 Å². The second kappa shape index (κ2) is 5.77. The van der Waals surface area contributed by atoms with Crippen molar-refractivity contribution in [2.45, 2.75) is 6.92 Å². The number of Topliss-reactive ketones (excluding diaryl/α,β-unsaturated/α-hetero) is 1. The molecule has 0 spiro atoms. The van der Waals surface area contributed by atoms with E-state index in [0.29, 0.717) is 33.8 Å². The highest BCUT2D eigenvalue weighted by Crippen LogP contribution is 2.23. The van der Waals surface area contributed by atoms with Crippen LogP contribution in [0.4, 0.5) is 17.1 Å². The Morgan fingerprint density at radius 1 is 1.05 bits per heavy atom. The van der Waals surface area contributed by atoms with Crippen molar-refractivity contribution in [1.29, 1.82) is 10.5 Å². The van der Waals surface area contributed by atoms with E-state index < -0.39 is 0 Å². The van der Waals surface area contributed by atoms with Crippen molar-refractivity contribution in [3.05, 3.63) is 53.1 Å². The molecule has 2 aromatic rings. The number of anilines is 3. The van der Waals surface area contributed by atoms with Gasteiger partial charge in [0.1, 0.15) is 12.1 Å². The van der Waals surface area contributed by atoms with Gasteiger partial charge in [-0.25, -0.2) is 0 Å². The van der Waals surface area contributed by atoms with Gasteiger partial charge in [0.25, 0.3) is 0 Å². The number of carbonyl (C=O) groups excluding carboxylic acids is 1. The van der Waals surface area contributed by atoms with E-state index in [-0.39, 0.29) is 5.78 Å². The van der Waals surface area contributed by atoms with Crippen molar-refractivity contribution < 1.29 is 4.79 Å². The highest BCUT2D eigenvalue weighted by molar-refractivity contribution is 6.00. The third-order valence-electron chi connectivity index (χ3n) is 2.98. The number of nitrogens with two attached hydrogens (primary N) is 1. The molecule has 0 aliphatic rings. The molecule has 5 heteroatoms. The van der Waals surface area contributed by atoms with Crippen LogP contribution in [0.1, 0.15) is 28.4 Å². The minimum Gasteiger partial charge on any atom is -0.398 e. The largest absolute Gasteiger partial charge is 0.398 e. The first-order chi connectivity index (χ1) is 10.0. The van der Waals surface area contributed by atoms with Gasteiger partial charge in [0.15, 0.2) is 5.78 Å². The van der Waals surface area contributed by atoms with Gasteiger partial charge in [0.2, 0.25) is 0 Å². The molecular weight excluding hydrogens is 264 g/mol. The number of benzene rings is 2. The molecule has 102 valence electrons. The normalized spacial score (nSPS) is 9.48. The third-order valence-corrected chi connectivity index (χ3v) is 2.98. The zero-order valence-corrected chi connectivity index (χ0v) is 11.3. The van der Waals surface area contributed by atoms with Crippen molar-refractivity contribution >= 4 is 22.8 Å². The maximum Gasteiger partial charge on any atom is 0.161 e. The lowest BCUT2D eigenvalue weighted by Crippen LogP contribution is -2.01. The van der Waals surface area contributed by atoms with Gasteiger partial charge in [0, 0.05) is 22.6 Å². The molecule has 0 saturated heterocycles. The molecule has 0 aliphatic carbocycles. The first kappa shape index (κ1) is 14.1. The number of nitrogens with zero attached hydrogens (tertiary/aromatic N) is 2. The van der Waals surface area contributed by atoms with Gasteiger partial charge in [-0.15, -0.1) is 0 Å². The summed E-state index contributed by atoms with van der Waals surface area (Å²) in [4.78, 5) is 11.5. The third kappa shape index (κ3) is 2.99. The molecule has 0 bridgehead atoms. The average Bonchev–Trinajstić information content (AvgIpc) is 2.48. The van der Waals surface area contributed by atoms with E-state index in [0.717, 1.165) is 0 Å². The molecule has 0 aromatic heterocycles. The van der Waals surface area contributed by atoms with Crippen molar-refractivity contribution in [2.75, 3.05) is 11.1 Å². The highest BCUT2D eigenvalue weighted by atomic mass is 16.1. The number of ketones is 1. The van der Waals surface area contributed by atoms with E-state index in [1.807, 2.05) is 12.1 Å². The fraction of sp³-hybridized carbons (Fsp3) is 0.0625. The lowest BCUT2D eigenvalue weighted by molar-refractivity contribution is 0.101. The first-order valence-corrected chi connectivity index (χ1v) is 6.17. The van der Waals surface area contributed by atoms with Gasteiger partial charge in [-0.3, -0.25) is 4.79 Å². The van der Waals surface area contributed by atoms with E-state index in [1.165, 1.54) is 6.92 Å². The molecule has 21 heavy (non-hydrogen) atoms. The smallest absolute Gasteiger partial charge is 0.161 e. The van der Waals surface area contributed by atoms with Crippen molar-refractivity contribution in [3.63, 3.8) is 0 Å². The molecule has 2 rings (SSSR count). The van der Waals surface area contributed by atoms with Gasteiger partial charge < -0.3 is 11.1 Å². The molecular formula is C16H12N4O. The number of nitrogens with one attached hydrogen (secondary N) is 1. The van der Waals surface area contributed by atoms with Gasteiger partial charge in [0.05, 0.1) is 11.1 Å². The molecule has 0 unspecified atom stereocenters. The minimum absolute atomic E-state index is 0.117. The number of hydrogen-bond donors (Lipinski definition) is 2. The van der Waals surface area contributed by atoms with E-state index in [1.54, 1.807) is 36.4 Å². The molecule has 0 saturated carbocycles. The molecule has 0 atom stereocenters. The van der Waals surface area contributed by atoms with Crippen LogP contribution in [0.5, 0.6) is 0 Å². The second-order valence-electron chi connectivity index (χ2n) is 4.47. The van der Waals surface area contributed by atoms with Crippen molar-refractivity contribution in [1.82, 2.24) is 0 Å². The Balaban J connectivity index is 2.35. The lowest BCUT2D eigenvalue weighted by atomic mass is 10.1. The van der Waals surface area contributed by atoms with Crippen LogP contribution in [-0.4, -0.2) is 5.78 Å². The number of nitriles is 2. The maximum absolute atomic E-state index is 11.5. The number of rotatable bonds is 3. The quantitative estimate of drug-likeness (QED) is 0.662. The summed E-state index contributed by atoms with van der Waals surface area (Å²) < 4.78 is 0. The molecule has 3 N–H and O–H groups in total. The molecule has 0 heterocycles. The van der Waals surface area contributed by atoms with E-state index in [2.05, 4.69) is 5.32 Å². The van der Waals surface area contributed by atoms with Crippen LogP contribution in [0, 0.1) is 22.7 Å². The molecule has 0 aliphatic heterocycles. The maximum atomic E-state index is 11.5. The molecule has 0 amide bonds. The lowest BCUT2D eigenvalue weighted by Gasteiger charge is -2.10. The van der Waals surface area contributed by atoms with Crippen LogP contribution in [0.3, 0.4) is 0 Å². The Morgan fingerprint density at radius 2 is 1.67 bits per heavy atom. The Hall–Kier alpha value is -3.31. The minimum atomic E-state index is -0.117. The zero-order chi connectivity index (χ0) is 15.4. The van der Waals surface area contributed by atoms with Crippen LogP contribution >= 0.6 is 0 Å². The zero-order valence-electron chi connectivity index (χ0n) is 11.3. The standard InChI is InChI=1S/C16H12N4O/c1-10(21)15-7-14(4-5-16(15)19)20-13-3-2-11(8-17)12(6-13)9-18/h2-7,20H,19H2,1H3. The summed E-state index contributed by atoms with van der Waals surface area (Å²) in [6.07, 6.45) is 0. The van der Waals surface area contributed by atoms with Crippen LogP contribution in [-0.2, 0) is 0 Å². The average molecular weight is 276 g/mol. The summed E-state index contributed by atoms with van der Waals surface area (Å²) in [5, 5.41) is 21.0. The SMILES string of the molecule is CC(=O)c1cc(Nc2ccc(C#N)c(C#N)c2)ccc1N. The fourth-order valence-corrected chi connectivity index (χ4v) is 1.92. The topological polar surface area (TPSA) is 103 Å². The van der Waals surface area contributed by atoms with Gasteiger partial charge >= 0.3 is 0 Å². The monoisotopic (exact) mass is 276 g/mol. The number of nitrogen functional groups attached to an aromatic ring is 1. The Bertz CT molecular complexity index is 797. The first-order valence-electron chi connectivity index (χ1n) is 6.17. The van der Waals surface area contributed by atoms with Crippen LogP contribution in [0.25, 0.3) is 0 Å². The summed E-state index contributed by atoms with van der Waals surface area (Å²) in [6, 6.07) is 13.8.